The fourth-order valence-electron chi connectivity index (χ4n) is 0.0186. The van der Waals surface area contributed by atoms with Crippen molar-refractivity contribution in [1.82, 2.24) is 6.15 Å². The van der Waals surface area contributed by atoms with E-state index in [4.69, 9.17) is 13.1 Å². The third-order valence-corrected chi connectivity index (χ3v) is 1.14. The van der Waals surface area contributed by atoms with E-state index in [1.54, 1.807) is 0 Å². The van der Waals surface area contributed by atoms with Gasteiger partial charge in [0.05, 0.1) is 8.22 Å². The predicted molar refractivity (Wildman–Crippen MR) is 35.5 cm³/mol. The maximum Gasteiger partial charge on any atom is 0.323 e. The first kappa shape index (κ1) is 3.05. The second-order valence-corrected chi connectivity index (χ2v) is 3.34. The molecule has 0 aliphatic rings. The molecule has 0 saturated carbocycles. The van der Waals surface area contributed by atoms with Crippen molar-refractivity contribution in [1.29, 1.82) is 0 Å². The summed E-state index contributed by atoms with van der Waals surface area (Å²) >= 11 is 4.14. The summed E-state index contributed by atoms with van der Waals surface area (Å²) in [5.74, 6) is 0. The van der Waals surface area contributed by atoms with Gasteiger partial charge in [-0.05, 0) is 11.8 Å². The van der Waals surface area contributed by atoms with Gasteiger partial charge >= 0.3 is 6.72 Å². The van der Waals surface area contributed by atoms with E-state index in [9.17, 15) is 0 Å². The minimum absolute atomic E-state index is 0. The van der Waals surface area contributed by atoms with E-state index < -0.39 is 20.8 Å². The predicted octanol–water partition coefficient (Wildman–Crippen LogP) is 0.658. The van der Waals surface area contributed by atoms with Gasteiger partial charge in [0.25, 0.3) is 0 Å². The number of hydrogen-bond donors (Lipinski definition) is 2. The molecule has 0 aliphatic heterocycles. The monoisotopic (exact) mass is 165 g/mol. The van der Waals surface area contributed by atoms with Crippen LogP contribution in [0.25, 0.3) is 0 Å². The van der Waals surface area contributed by atoms with Crippen LogP contribution in [0.2, 0.25) is 0 Å². The Bertz CT molecular complexity index is 206. The number of rotatable bonds is 2. The molecule has 0 aromatic rings. The van der Waals surface area contributed by atoms with Crippen molar-refractivity contribution in [2.75, 3.05) is 14.1 Å². The lowest BCUT2D eigenvalue weighted by Gasteiger charge is -2.06. The van der Waals surface area contributed by atoms with E-state index in [2.05, 4.69) is 20.9 Å². The first-order valence-corrected chi connectivity index (χ1v) is 3.75. The number of hydrogen-bond acceptors (Lipinski definition) is 4. The Kier molecular flexibility index (Phi) is 1.67. The SMILES string of the molecule is N.[2H]C([2H])([2H])OP(O)(=S)OC([2H])([2H])[2H]. The van der Waals surface area contributed by atoms with Gasteiger partial charge in [0.1, 0.15) is 0 Å². The normalized spacial score (nSPS) is 24.6. The highest BCUT2D eigenvalue weighted by molar-refractivity contribution is 8.07. The molecule has 0 fully saturated rings. The van der Waals surface area contributed by atoms with Gasteiger partial charge in [-0.25, -0.2) is 0 Å². The van der Waals surface area contributed by atoms with Crippen LogP contribution in [0, 0.1) is 0 Å². The maximum absolute atomic E-state index is 8.95. The van der Waals surface area contributed by atoms with E-state index >= 15 is 0 Å². The molecular weight excluding hydrogens is 149 g/mol. The third kappa shape index (κ3) is 4.64. The van der Waals surface area contributed by atoms with Crippen LogP contribution in [0.5, 0.6) is 0 Å². The highest BCUT2D eigenvalue weighted by atomic mass is 32.5. The molecule has 0 aromatic carbocycles. The van der Waals surface area contributed by atoms with Crippen molar-refractivity contribution in [3.05, 3.63) is 0 Å². The summed E-state index contributed by atoms with van der Waals surface area (Å²) in [5.41, 5.74) is 0. The summed E-state index contributed by atoms with van der Waals surface area (Å²) in [6.45, 7) is -4.23. The van der Waals surface area contributed by atoms with Gasteiger partial charge in [-0.1, -0.05) is 0 Å². The minimum atomic E-state index is -4.23. The van der Waals surface area contributed by atoms with Crippen LogP contribution in [0.15, 0.2) is 0 Å². The lowest BCUT2D eigenvalue weighted by atomic mass is 11.8. The van der Waals surface area contributed by atoms with Gasteiger partial charge in [-0.2, -0.15) is 0 Å². The van der Waals surface area contributed by atoms with Crippen LogP contribution in [-0.2, 0) is 20.9 Å². The van der Waals surface area contributed by atoms with Gasteiger partial charge in [0.15, 0.2) is 0 Å². The summed E-state index contributed by atoms with van der Waals surface area (Å²) in [7, 11) is -5.95. The van der Waals surface area contributed by atoms with Gasteiger partial charge in [-0.15, -0.1) is 0 Å². The first-order chi connectivity index (χ1) is 5.41. The summed E-state index contributed by atoms with van der Waals surface area (Å²) in [6.07, 6.45) is 0. The summed E-state index contributed by atoms with van der Waals surface area (Å²) in [6, 6.07) is 0. The zero-order chi connectivity index (χ0) is 10.9. The topological polar surface area (TPSA) is 73.7 Å². The molecule has 8 heavy (non-hydrogen) atoms. The molecule has 0 saturated heterocycles. The smallest absolute Gasteiger partial charge is 0.323 e. The molecule has 0 atom stereocenters. The quantitative estimate of drug-likeness (QED) is 0.588. The highest BCUT2D eigenvalue weighted by Gasteiger charge is 2.06. The van der Waals surface area contributed by atoms with Gasteiger partial charge in [0, 0.05) is 14.1 Å². The van der Waals surface area contributed by atoms with Crippen LogP contribution in [0.1, 0.15) is 8.22 Å². The zero-order valence-electron chi connectivity index (χ0n) is 9.83. The fourth-order valence-corrected chi connectivity index (χ4v) is 0.0559. The third-order valence-electron chi connectivity index (χ3n) is 0.231. The van der Waals surface area contributed by atoms with Crippen LogP contribution in [-0.4, -0.2) is 19.0 Å². The summed E-state index contributed by atoms with van der Waals surface area (Å²) < 4.78 is 47.1. The Labute approximate surface area is 62.1 Å². The van der Waals surface area contributed by atoms with Crippen LogP contribution in [0.4, 0.5) is 0 Å². The minimum Gasteiger partial charge on any atom is -0.344 e. The van der Waals surface area contributed by atoms with Crippen LogP contribution >= 0.6 is 6.72 Å². The molecule has 52 valence electrons. The van der Waals surface area contributed by atoms with Crippen molar-refractivity contribution >= 4 is 18.5 Å². The Morgan fingerprint density at radius 1 is 1.62 bits per heavy atom. The average molecular weight is 165 g/mol. The molecule has 0 amide bonds. The van der Waals surface area contributed by atoms with Crippen molar-refractivity contribution in [2.24, 2.45) is 0 Å². The summed E-state index contributed by atoms with van der Waals surface area (Å²) in [5, 5.41) is 0. The van der Waals surface area contributed by atoms with Crippen molar-refractivity contribution in [3.8, 4) is 0 Å². The van der Waals surface area contributed by atoms with Gasteiger partial charge in [0.2, 0.25) is 0 Å². The average Bonchev–Trinajstić information content (AvgIpc) is 1.43. The Morgan fingerprint density at radius 3 is 2.25 bits per heavy atom. The largest absolute Gasteiger partial charge is 0.344 e. The highest BCUT2D eigenvalue weighted by Crippen LogP contribution is 2.40. The van der Waals surface area contributed by atoms with Gasteiger partial charge < -0.3 is 20.1 Å². The molecule has 4 nitrogen and oxygen atoms in total. The Balaban J connectivity index is 0. The standard InChI is InChI=1S/C2H7O3PS.H3N/c1-4-6(3,7)5-2;/h1-2H3,(H,3,7);1H3/i1D3,2D3;. The van der Waals surface area contributed by atoms with Crippen LogP contribution in [0.3, 0.4) is 0 Å². The molecule has 0 aliphatic carbocycles. The fraction of sp³-hybridized carbons (Fsp3) is 1.00. The van der Waals surface area contributed by atoms with E-state index in [0.717, 1.165) is 0 Å². The molecule has 0 aromatic heterocycles. The van der Waals surface area contributed by atoms with E-state index in [-0.39, 0.29) is 6.15 Å². The molecule has 0 radical (unpaired) electrons. The lowest BCUT2D eigenvalue weighted by Crippen LogP contribution is -1.82. The summed E-state index contributed by atoms with van der Waals surface area (Å²) in [4.78, 5) is 8.95. The second-order valence-electron chi connectivity index (χ2n) is 0.651. The first-order valence-electron chi connectivity index (χ1n) is 4.16. The van der Waals surface area contributed by atoms with E-state index in [1.807, 2.05) is 0 Å². The van der Waals surface area contributed by atoms with Crippen molar-refractivity contribution in [3.63, 3.8) is 0 Å². The lowest BCUT2D eigenvalue weighted by molar-refractivity contribution is 0.267. The van der Waals surface area contributed by atoms with Crippen LogP contribution < -0.4 is 6.15 Å². The van der Waals surface area contributed by atoms with E-state index in [0.29, 0.717) is 0 Å². The maximum atomic E-state index is 8.95. The van der Waals surface area contributed by atoms with Crippen molar-refractivity contribution < 1.29 is 22.2 Å². The van der Waals surface area contributed by atoms with Crippen molar-refractivity contribution in [2.45, 2.75) is 0 Å². The van der Waals surface area contributed by atoms with E-state index in [1.165, 1.54) is 0 Å². The van der Waals surface area contributed by atoms with Gasteiger partial charge in [-0.3, -0.25) is 0 Å². The zero-order valence-corrected chi connectivity index (χ0v) is 5.54. The molecule has 6 heteroatoms. The molecule has 0 spiro atoms. The molecular formula is C2H10NO3PS. The molecule has 4 N–H and O–H groups in total. The molecule has 0 rings (SSSR count). The molecule has 0 bridgehead atoms. The molecule has 0 heterocycles. The Morgan fingerprint density at radius 2 is 2.00 bits per heavy atom. The Hall–Kier alpha value is 0.490. The molecule has 0 unspecified atom stereocenters. The second kappa shape index (κ2) is 4.38.